The van der Waals surface area contributed by atoms with Crippen molar-refractivity contribution in [3.05, 3.63) is 58.9 Å². The third kappa shape index (κ3) is 7.88. The van der Waals surface area contributed by atoms with Crippen molar-refractivity contribution < 1.29 is 41.9 Å². The molecule has 2 aromatic rings. The molecule has 0 atom stereocenters. The number of nitrogens with zero attached hydrogens (tertiary/aromatic N) is 1. The van der Waals surface area contributed by atoms with Crippen molar-refractivity contribution in [2.24, 2.45) is 5.14 Å². The Morgan fingerprint density at radius 1 is 1.00 bits per heavy atom. The van der Waals surface area contributed by atoms with E-state index in [9.17, 15) is 8.42 Å². The van der Waals surface area contributed by atoms with E-state index in [1.807, 2.05) is 0 Å². The van der Waals surface area contributed by atoms with E-state index in [4.69, 9.17) is 23.8 Å². The molecule has 0 aliphatic heterocycles. The van der Waals surface area contributed by atoms with E-state index in [1.165, 1.54) is 16.8 Å². The summed E-state index contributed by atoms with van der Waals surface area (Å²) in [4.78, 5) is 0.142. The van der Waals surface area contributed by atoms with E-state index in [2.05, 4.69) is 37.6 Å². The molecular weight excluding hydrogens is 372 g/mol. The lowest BCUT2D eigenvalue weighted by Gasteiger charge is -2.17. The second-order valence-corrected chi connectivity index (χ2v) is 7.79. The van der Waals surface area contributed by atoms with Crippen LogP contribution in [0.4, 0.5) is 0 Å². The zero-order valence-corrected chi connectivity index (χ0v) is 15.5. The van der Waals surface area contributed by atoms with E-state index in [0.29, 0.717) is 6.54 Å². The number of hydrogen-bond acceptors (Lipinski definition) is 6. The Balaban J connectivity index is 0.000000550. The van der Waals surface area contributed by atoms with Gasteiger partial charge in [-0.3, -0.25) is 0 Å². The Bertz CT molecular complexity index is 826. The molecule has 0 saturated heterocycles. The monoisotopic (exact) mass is 390 g/mol. The predicted octanol–water partition coefficient (Wildman–Crippen LogP) is -3.16. The normalized spacial score (nSPS) is 11.7. The smallest absolute Gasteiger partial charge is 0.225 e. The van der Waals surface area contributed by atoms with Crippen molar-refractivity contribution in [3.8, 4) is 0 Å². The highest BCUT2D eigenvalue weighted by atomic mass is 35.7. The number of halogens is 1. The highest BCUT2D eigenvalue weighted by molar-refractivity contribution is 7.89. The molecule has 0 aliphatic rings. The summed E-state index contributed by atoms with van der Waals surface area (Å²) in [5.74, 6) is 0. The molecule has 0 bridgehead atoms. The third-order valence-corrected chi connectivity index (χ3v) is 4.38. The maximum atomic E-state index is 11.2. The Labute approximate surface area is 148 Å². The summed E-state index contributed by atoms with van der Waals surface area (Å²) in [6.07, 6.45) is 2.11. The first-order valence-electron chi connectivity index (χ1n) is 6.98. The van der Waals surface area contributed by atoms with E-state index < -0.39 is 20.3 Å². The molecule has 1 aromatic heterocycles. The third-order valence-electron chi connectivity index (χ3n) is 3.45. The van der Waals surface area contributed by atoms with Gasteiger partial charge in [-0.2, -0.15) is 4.57 Å². The average molecular weight is 391 g/mol. The van der Waals surface area contributed by atoms with Gasteiger partial charge in [0.15, 0.2) is 18.4 Å². The number of rotatable bonds is 3. The maximum Gasteiger partial charge on any atom is 0.238 e. The Kier molecular flexibility index (Phi) is 7.03. The minimum Gasteiger partial charge on any atom is -0.225 e. The minimum absolute atomic E-state index is 0.142. The molecule has 0 aliphatic carbocycles. The van der Waals surface area contributed by atoms with Crippen LogP contribution < -0.4 is 28.3 Å². The van der Waals surface area contributed by atoms with Crippen molar-refractivity contribution in [2.45, 2.75) is 32.2 Å². The van der Waals surface area contributed by atoms with Crippen LogP contribution in [0.1, 0.15) is 22.4 Å². The van der Waals surface area contributed by atoms with Gasteiger partial charge in [0.2, 0.25) is 10.0 Å². The number of aromatic nitrogens is 1. The Morgan fingerprint density at radius 3 is 1.92 bits per heavy atom. The lowest BCUT2D eigenvalue weighted by atomic mass is 10.1. The predicted molar refractivity (Wildman–Crippen MR) is 77.8 cm³/mol. The SMILES string of the molecule is Cc1cc(C)[n+](Cc2ccc(S(N)(=O)=O)cc2)cc1C.[O-][Cl+3]([O-])([O-])[O-]. The van der Waals surface area contributed by atoms with E-state index in [-0.39, 0.29) is 4.90 Å². The van der Waals surface area contributed by atoms with Gasteiger partial charge in [-0.1, -0.05) is 12.1 Å². The zero-order chi connectivity index (χ0) is 19.4. The van der Waals surface area contributed by atoms with Gasteiger partial charge in [0.05, 0.1) is 4.90 Å². The number of aryl methyl sites for hydroxylation is 3. The van der Waals surface area contributed by atoms with Crippen molar-refractivity contribution in [1.82, 2.24) is 0 Å². The molecule has 0 spiro atoms. The molecule has 0 fully saturated rings. The maximum absolute atomic E-state index is 11.2. The van der Waals surface area contributed by atoms with Crippen molar-refractivity contribution in [3.63, 3.8) is 0 Å². The summed E-state index contributed by atoms with van der Waals surface area (Å²) >= 11 is 0. The van der Waals surface area contributed by atoms with Gasteiger partial charge in [-0.25, -0.2) is 32.2 Å². The fourth-order valence-corrected chi connectivity index (χ4v) is 2.61. The van der Waals surface area contributed by atoms with Crippen LogP contribution in [0.5, 0.6) is 0 Å². The second-order valence-electron chi connectivity index (χ2n) is 5.48. The standard InChI is InChI=1S/C15H19N2O2S.ClHO4/c1-11-8-13(3)17(9-12(11)2)10-14-4-6-15(7-5-14)20(16,18)19;2-1(3,4)5/h4-9H,10H2,1-3H3,(H2,16,18,19);(H,2,3,4,5)/q+1;/p-1. The lowest BCUT2D eigenvalue weighted by Crippen LogP contribution is -2.68. The van der Waals surface area contributed by atoms with Gasteiger partial charge < -0.3 is 0 Å². The highest BCUT2D eigenvalue weighted by Gasteiger charge is 2.11. The second kappa shape index (κ2) is 8.19. The number of benzene rings is 1. The van der Waals surface area contributed by atoms with E-state index >= 15 is 0 Å². The van der Waals surface area contributed by atoms with Crippen LogP contribution in [0.3, 0.4) is 0 Å². The summed E-state index contributed by atoms with van der Waals surface area (Å²) in [6.45, 7) is 6.94. The molecule has 0 unspecified atom stereocenters. The van der Waals surface area contributed by atoms with Crippen molar-refractivity contribution in [1.29, 1.82) is 0 Å². The van der Waals surface area contributed by atoms with Crippen LogP contribution >= 0.6 is 0 Å². The minimum atomic E-state index is -4.94. The van der Waals surface area contributed by atoms with Crippen LogP contribution in [-0.2, 0) is 16.6 Å². The van der Waals surface area contributed by atoms with Gasteiger partial charge in [-0.15, -0.1) is 10.2 Å². The Hall–Kier alpha value is -1.59. The summed E-state index contributed by atoms with van der Waals surface area (Å²) in [5, 5.41) is 5.09. The molecule has 0 saturated carbocycles. The molecule has 10 heteroatoms. The molecule has 25 heavy (non-hydrogen) atoms. The molecule has 0 radical (unpaired) electrons. The van der Waals surface area contributed by atoms with Crippen LogP contribution in [0, 0.1) is 31.0 Å². The lowest BCUT2D eigenvalue weighted by molar-refractivity contribution is -2.00. The topological polar surface area (TPSA) is 156 Å². The number of sulfonamides is 1. The summed E-state index contributed by atoms with van der Waals surface area (Å²) in [7, 11) is -8.56. The van der Waals surface area contributed by atoms with Crippen LogP contribution in [0.2, 0.25) is 0 Å². The average Bonchev–Trinajstić information content (AvgIpc) is 2.42. The molecule has 2 rings (SSSR count). The molecule has 138 valence electrons. The number of hydrogen-bond donors (Lipinski definition) is 1. The fourth-order valence-electron chi connectivity index (χ4n) is 2.10. The largest absolute Gasteiger partial charge is 0.238 e. The summed E-state index contributed by atoms with van der Waals surface area (Å²) in [5.41, 5.74) is 4.71. The fraction of sp³-hybridized carbons (Fsp3) is 0.267. The van der Waals surface area contributed by atoms with Gasteiger partial charge in [0.1, 0.15) is 0 Å². The molecule has 0 amide bonds. The van der Waals surface area contributed by atoms with Crippen LogP contribution in [0.25, 0.3) is 0 Å². The molecule has 1 aromatic carbocycles. The first-order chi connectivity index (χ1) is 11.3. The highest BCUT2D eigenvalue weighted by Crippen LogP contribution is 2.10. The molecule has 8 nitrogen and oxygen atoms in total. The molecule has 1 heterocycles. The zero-order valence-electron chi connectivity index (χ0n) is 13.9. The number of primary sulfonamides is 1. The van der Waals surface area contributed by atoms with E-state index in [0.717, 1.165) is 5.56 Å². The van der Waals surface area contributed by atoms with E-state index in [1.54, 1.807) is 24.3 Å². The Morgan fingerprint density at radius 2 is 1.48 bits per heavy atom. The number of pyridine rings is 1. The van der Waals surface area contributed by atoms with Gasteiger partial charge >= 0.3 is 0 Å². The summed E-state index contributed by atoms with van der Waals surface area (Å²) in [6, 6.07) is 8.82. The van der Waals surface area contributed by atoms with Gasteiger partial charge in [0, 0.05) is 24.1 Å². The van der Waals surface area contributed by atoms with Crippen molar-refractivity contribution in [2.75, 3.05) is 0 Å². The van der Waals surface area contributed by atoms with Crippen LogP contribution in [-0.4, -0.2) is 8.42 Å². The quantitative estimate of drug-likeness (QED) is 0.545. The van der Waals surface area contributed by atoms with Gasteiger partial charge in [0.25, 0.3) is 0 Å². The van der Waals surface area contributed by atoms with Crippen molar-refractivity contribution >= 4 is 10.0 Å². The summed E-state index contributed by atoms with van der Waals surface area (Å²) < 4.78 is 58.5. The molecular formula is C15H19ClN2O6S. The first-order valence-corrected chi connectivity index (χ1v) is 9.76. The number of nitrogens with two attached hydrogens (primary N) is 1. The van der Waals surface area contributed by atoms with Crippen LogP contribution in [0.15, 0.2) is 41.4 Å². The molecule has 2 N–H and O–H groups in total. The van der Waals surface area contributed by atoms with Gasteiger partial charge in [-0.05, 0) is 31.5 Å². The first kappa shape index (κ1) is 21.5.